The molecule has 2 saturated heterocycles. The van der Waals surface area contributed by atoms with E-state index < -0.39 is 171 Å². The van der Waals surface area contributed by atoms with Gasteiger partial charge in [-0.2, -0.15) is 74.6 Å². The van der Waals surface area contributed by atoms with Gasteiger partial charge in [-0.1, -0.05) is 0 Å². The van der Waals surface area contributed by atoms with Crippen molar-refractivity contribution in [1.82, 2.24) is 29.8 Å². The lowest BCUT2D eigenvalue weighted by atomic mass is 9.91. The second kappa shape index (κ2) is 18.7. The van der Waals surface area contributed by atoms with Crippen molar-refractivity contribution in [3.8, 4) is 0 Å². The number of carboxylic acid groups (broad SMARTS) is 3. The molecule has 0 bridgehead atoms. The Morgan fingerprint density at radius 3 is 1.08 bits per heavy atom. The Balaban J connectivity index is 2.88. The van der Waals surface area contributed by atoms with E-state index in [0.29, 0.717) is 0 Å². The highest BCUT2D eigenvalue weighted by Gasteiger charge is 2.96. The largest absolute Gasteiger partial charge is 0.480 e. The van der Waals surface area contributed by atoms with E-state index in [1.165, 1.54) is 0 Å². The van der Waals surface area contributed by atoms with Crippen LogP contribution < -0.4 is 5.32 Å². The third kappa shape index (κ3) is 10.5. The standard InChI is InChI=1S/C28H35F17N6O9S/c29-21(30,23(33,34)25(37,38)27(41,42)43)22(31,32)24(35,36)26(39,40)28(44,45)61(59,60)20(19(58)50-3-1-46-2-4-50)51-11-9-48(14-17(54)55)7-5-47(13-16(52)53)6-8-49(10-12-51)15-18(56)57/h20,46H,1-15H2,(H,52,53)(H,54,55)(H,56,57). The van der Waals surface area contributed by atoms with E-state index in [0.717, 1.165) is 14.7 Å². The van der Waals surface area contributed by atoms with Gasteiger partial charge in [0.25, 0.3) is 5.91 Å². The molecule has 1 unspecified atom stereocenters. The second-order valence-corrected chi connectivity index (χ2v) is 15.5. The van der Waals surface area contributed by atoms with Crippen molar-refractivity contribution in [2.75, 3.05) is 98.2 Å². The summed E-state index contributed by atoms with van der Waals surface area (Å²) in [6.45, 7) is -11.6. The molecule has 0 aromatic heterocycles. The van der Waals surface area contributed by atoms with E-state index in [9.17, 15) is 100.0 Å². The quantitative estimate of drug-likeness (QED) is 0.163. The topological polar surface area (TPSA) is 191 Å². The van der Waals surface area contributed by atoms with Gasteiger partial charge < -0.3 is 25.5 Å². The minimum Gasteiger partial charge on any atom is -0.480 e. The highest BCUT2D eigenvalue weighted by atomic mass is 32.2. The number of nitrogens with one attached hydrogen (secondary N) is 1. The van der Waals surface area contributed by atoms with Crippen LogP contribution in [0, 0.1) is 0 Å². The highest BCUT2D eigenvalue weighted by Crippen LogP contribution is 2.64. The molecule has 2 rings (SSSR count). The Bertz CT molecular complexity index is 1670. The summed E-state index contributed by atoms with van der Waals surface area (Å²) in [5.41, 5.74) is 0. The summed E-state index contributed by atoms with van der Waals surface area (Å²) in [6, 6.07) is 0. The van der Waals surface area contributed by atoms with Crippen LogP contribution in [0.25, 0.3) is 0 Å². The molecule has 1 amide bonds. The van der Waals surface area contributed by atoms with Crippen molar-refractivity contribution < 1.29 is 118 Å². The average molecular weight is 955 g/mol. The maximum Gasteiger partial charge on any atom is 0.460 e. The summed E-state index contributed by atoms with van der Waals surface area (Å²) in [6.07, 6.45) is -8.03. The molecule has 0 aromatic rings. The van der Waals surface area contributed by atoms with Crippen LogP contribution >= 0.6 is 0 Å². The zero-order valence-electron chi connectivity index (χ0n) is 30.5. The van der Waals surface area contributed by atoms with E-state index in [1.807, 2.05) is 0 Å². The summed E-state index contributed by atoms with van der Waals surface area (Å²) >= 11 is 0. The number of alkyl halides is 17. The van der Waals surface area contributed by atoms with Gasteiger partial charge >= 0.3 is 64.9 Å². The number of rotatable bonds is 16. The van der Waals surface area contributed by atoms with Crippen LogP contribution in [0.15, 0.2) is 0 Å². The number of hydrogen-bond donors (Lipinski definition) is 4. The Morgan fingerprint density at radius 2 is 0.770 bits per heavy atom. The molecule has 0 aliphatic carbocycles. The second-order valence-electron chi connectivity index (χ2n) is 13.5. The smallest absolute Gasteiger partial charge is 0.460 e. The van der Waals surface area contributed by atoms with Crippen LogP contribution in [-0.4, -0.2) is 223 Å². The van der Waals surface area contributed by atoms with Crippen molar-refractivity contribution in [2.24, 2.45) is 0 Å². The number of sulfone groups is 1. The van der Waals surface area contributed by atoms with E-state index in [-0.39, 0.29) is 22.9 Å². The molecule has 61 heavy (non-hydrogen) atoms. The molecule has 15 nitrogen and oxygen atoms in total. The molecule has 2 aliphatic heterocycles. The van der Waals surface area contributed by atoms with Gasteiger partial charge in [0.2, 0.25) is 9.84 Å². The molecule has 356 valence electrons. The zero-order chi connectivity index (χ0) is 47.6. The fourth-order valence-corrected chi connectivity index (χ4v) is 7.61. The number of nitrogens with zero attached hydrogens (tertiary/aromatic N) is 5. The van der Waals surface area contributed by atoms with Crippen LogP contribution in [0.5, 0.6) is 0 Å². The number of aliphatic carboxylic acids is 3. The van der Waals surface area contributed by atoms with Crippen molar-refractivity contribution in [3.05, 3.63) is 0 Å². The van der Waals surface area contributed by atoms with Crippen molar-refractivity contribution in [3.63, 3.8) is 0 Å². The first-order valence-electron chi connectivity index (χ1n) is 16.9. The Morgan fingerprint density at radius 1 is 0.475 bits per heavy atom. The number of carbonyl (C=O) groups is 4. The first-order valence-corrected chi connectivity index (χ1v) is 18.4. The number of carboxylic acids is 3. The molecule has 0 aromatic carbocycles. The minimum atomic E-state index is -9.13. The van der Waals surface area contributed by atoms with E-state index in [4.69, 9.17) is 0 Å². The predicted octanol–water partition coefficient (Wildman–Crippen LogP) is 1.60. The number of amides is 1. The Labute approximate surface area is 331 Å². The first kappa shape index (κ1) is 53.6. The molecule has 2 aliphatic rings. The van der Waals surface area contributed by atoms with E-state index in [2.05, 4.69) is 5.32 Å². The predicted molar refractivity (Wildman–Crippen MR) is 167 cm³/mol. The molecule has 1 atom stereocenters. The fraction of sp³-hybridized carbons (Fsp3) is 0.857. The fourth-order valence-electron chi connectivity index (χ4n) is 5.83. The van der Waals surface area contributed by atoms with Crippen molar-refractivity contribution in [1.29, 1.82) is 0 Å². The van der Waals surface area contributed by atoms with Crippen LogP contribution in [0.4, 0.5) is 74.6 Å². The SMILES string of the molecule is O=C(O)CN1CCN(CC(=O)O)CCN(C(C(=O)N2CCNCC2)S(=O)(=O)C(F)(F)C(F)(F)C(F)(F)C(F)(F)C(F)(F)C(F)(F)C(F)(F)C(F)(F)F)CCN(CC(=O)O)CC1. The van der Waals surface area contributed by atoms with Gasteiger partial charge in [-0.05, 0) is 0 Å². The van der Waals surface area contributed by atoms with Gasteiger partial charge in [-0.15, -0.1) is 0 Å². The van der Waals surface area contributed by atoms with E-state index in [1.54, 1.807) is 0 Å². The minimum absolute atomic E-state index is 0.104. The molecule has 33 heteroatoms. The number of carbonyl (C=O) groups excluding carboxylic acids is 1. The molecular formula is C28H35F17N6O9S. The van der Waals surface area contributed by atoms with Crippen molar-refractivity contribution >= 4 is 33.7 Å². The summed E-state index contributed by atoms with van der Waals surface area (Å²) in [7, 11) is -8.14. The third-order valence-electron chi connectivity index (χ3n) is 9.26. The van der Waals surface area contributed by atoms with Gasteiger partial charge in [0.1, 0.15) is 0 Å². The molecule has 0 radical (unpaired) electrons. The van der Waals surface area contributed by atoms with Gasteiger partial charge in [-0.25, -0.2) is 8.42 Å². The summed E-state index contributed by atoms with van der Waals surface area (Å²) < 4.78 is 268. The summed E-state index contributed by atoms with van der Waals surface area (Å²) in [4.78, 5) is 51.2. The Kier molecular flexibility index (Phi) is 16.4. The van der Waals surface area contributed by atoms with Crippen LogP contribution in [0.1, 0.15) is 0 Å². The monoisotopic (exact) mass is 954 g/mol. The Hall–Kier alpha value is -3.56. The molecule has 0 spiro atoms. The third-order valence-corrected chi connectivity index (χ3v) is 11.3. The first-order chi connectivity index (χ1) is 27.4. The van der Waals surface area contributed by atoms with Gasteiger partial charge in [0, 0.05) is 78.5 Å². The van der Waals surface area contributed by atoms with Crippen LogP contribution in [-0.2, 0) is 29.0 Å². The van der Waals surface area contributed by atoms with Crippen molar-refractivity contribution in [2.45, 2.75) is 52.3 Å². The lowest BCUT2D eigenvalue weighted by Gasteiger charge is -2.44. The lowest BCUT2D eigenvalue weighted by Crippen LogP contribution is -2.75. The molecule has 2 fully saturated rings. The van der Waals surface area contributed by atoms with Crippen LogP contribution in [0.3, 0.4) is 0 Å². The molecule has 4 N–H and O–H groups in total. The molecule has 2 heterocycles. The summed E-state index contributed by atoms with van der Waals surface area (Å²) in [5.74, 6) is -60.4. The lowest BCUT2D eigenvalue weighted by molar-refractivity contribution is -0.458. The molecular weight excluding hydrogens is 919 g/mol. The summed E-state index contributed by atoms with van der Waals surface area (Å²) in [5, 5.41) is 18.4. The van der Waals surface area contributed by atoms with E-state index >= 15 is 17.6 Å². The number of piperazine rings is 1. The van der Waals surface area contributed by atoms with Gasteiger partial charge in [0.15, 0.2) is 5.37 Å². The zero-order valence-corrected chi connectivity index (χ0v) is 31.4. The maximum atomic E-state index is 15.8. The average Bonchev–Trinajstić information content (AvgIpc) is 3.11. The van der Waals surface area contributed by atoms with Gasteiger partial charge in [0.05, 0.1) is 19.6 Å². The molecule has 0 saturated carbocycles. The number of hydrogen-bond acceptors (Lipinski definition) is 11. The maximum absolute atomic E-state index is 15.8. The number of halogens is 17. The van der Waals surface area contributed by atoms with Crippen LogP contribution in [0.2, 0.25) is 0 Å². The normalized spacial score (nSPS) is 20.1. The highest BCUT2D eigenvalue weighted by molar-refractivity contribution is 7.93. The van der Waals surface area contributed by atoms with Gasteiger partial charge in [-0.3, -0.25) is 38.8 Å².